The Kier molecular flexibility index (Phi) is 4.70. The first-order valence-corrected chi connectivity index (χ1v) is 5.77. The largest absolute Gasteiger partial charge is 0.394 e. The highest BCUT2D eigenvalue weighted by Gasteiger charge is 2.35. The molecule has 4 N–H and O–H groups in total. The Morgan fingerprint density at radius 2 is 2.06 bits per heavy atom. The van der Waals surface area contributed by atoms with Crippen LogP contribution in [0.4, 0.5) is 0 Å². The highest BCUT2D eigenvalue weighted by molar-refractivity contribution is 5.82. The van der Waals surface area contributed by atoms with Gasteiger partial charge in [-0.05, 0) is 18.8 Å². The second kappa shape index (κ2) is 5.61. The van der Waals surface area contributed by atoms with Crippen LogP contribution in [0.2, 0.25) is 0 Å². The molecule has 0 saturated carbocycles. The minimum Gasteiger partial charge on any atom is -0.394 e. The van der Waals surface area contributed by atoms with Gasteiger partial charge in [-0.3, -0.25) is 4.79 Å². The van der Waals surface area contributed by atoms with Gasteiger partial charge >= 0.3 is 0 Å². The summed E-state index contributed by atoms with van der Waals surface area (Å²) in [5.41, 5.74) is 5.23. The van der Waals surface area contributed by atoms with E-state index >= 15 is 0 Å². The zero-order valence-electron chi connectivity index (χ0n) is 10.0. The first kappa shape index (κ1) is 13.4. The number of hydrogen-bond acceptors (Lipinski definition) is 4. The van der Waals surface area contributed by atoms with E-state index in [4.69, 9.17) is 10.5 Å². The van der Waals surface area contributed by atoms with Crippen molar-refractivity contribution in [3.05, 3.63) is 0 Å². The summed E-state index contributed by atoms with van der Waals surface area (Å²) >= 11 is 0. The molecule has 5 heteroatoms. The van der Waals surface area contributed by atoms with Gasteiger partial charge in [0.1, 0.15) is 0 Å². The third-order valence-electron chi connectivity index (χ3n) is 3.16. The van der Waals surface area contributed by atoms with Crippen molar-refractivity contribution in [3.8, 4) is 0 Å². The van der Waals surface area contributed by atoms with E-state index in [2.05, 4.69) is 5.32 Å². The van der Waals surface area contributed by atoms with Crippen LogP contribution < -0.4 is 11.1 Å². The Balaban J connectivity index is 2.58. The van der Waals surface area contributed by atoms with Gasteiger partial charge in [-0.25, -0.2) is 0 Å². The van der Waals surface area contributed by atoms with Crippen molar-refractivity contribution in [1.29, 1.82) is 0 Å². The Morgan fingerprint density at radius 3 is 2.50 bits per heavy atom. The maximum atomic E-state index is 11.8. The summed E-state index contributed by atoms with van der Waals surface area (Å²) in [7, 11) is 0. The fourth-order valence-corrected chi connectivity index (χ4v) is 1.73. The molecule has 0 radical (unpaired) electrons. The predicted octanol–water partition coefficient (Wildman–Crippen LogP) is -0.373. The minimum absolute atomic E-state index is 0.0626. The van der Waals surface area contributed by atoms with Crippen molar-refractivity contribution in [3.63, 3.8) is 0 Å². The molecule has 0 spiro atoms. The fraction of sp³-hybridized carbons (Fsp3) is 0.909. The maximum absolute atomic E-state index is 11.8. The molecule has 1 aliphatic heterocycles. The van der Waals surface area contributed by atoms with Gasteiger partial charge in [-0.1, -0.05) is 13.8 Å². The molecular weight excluding hydrogens is 208 g/mol. The molecule has 0 aliphatic carbocycles. The van der Waals surface area contributed by atoms with Gasteiger partial charge in [-0.15, -0.1) is 0 Å². The third kappa shape index (κ3) is 3.17. The highest BCUT2D eigenvalue weighted by Crippen LogP contribution is 2.20. The summed E-state index contributed by atoms with van der Waals surface area (Å²) in [5.74, 6) is -0.0958. The van der Waals surface area contributed by atoms with Crippen LogP contribution in [-0.4, -0.2) is 42.4 Å². The molecule has 1 amide bonds. The zero-order valence-corrected chi connectivity index (χ0v) is 10.0. The number of ether oxygens (including phenoxy) is 1. The van der Waals surface area contributed by atoms with Crippen molar-refractivity contribution >= 4 is 5.91 Å². The first-order valence-electron chi connectivity index (χ1n) is 5.77. The average Bonchev–Trinajstić information content (AvgIpc) is 2.29. The number of nitrogens with one attached hydrogen (secondary N) is 1. The molecular formula is C11H22N2O3. The number of nitrogens with two attached hydrogens (primary N) is 1. The van der Waals surface area contributed by atoms with Gasteiger partial charge < -0.3 is 20.9 Å². The highest BCUT2D eigenvalue weighted by atomic mass is 16.5. The molecule has 0 bridgehead atoms. The maximum Gasteiger partial charge on any atom is 0.237 e. The Labute approximate surface area is 96.3 Å². The molecule has 94 valence electrons. The lowest BCUT2D eigenvalue weighted by Gasteiger charge is -2.37. The predicted molar refractivity (Wildman–Crippen MR) is 60.8 cm³/mol. The van der Waals surface area contributed by atoms with Crippen LogP contribution in [0.25, 0.3) is 0 Å². The number of amides is 1. The van der Waals surface area contributed by atoms with Crippen molar-refractivity contribution in [2.75, 3.05) is 19.8 Å². The van der Waals surface area contributed by atoms with Crippen molar-refractivity contribution in [2.45, 2.75) is 38.3 Å². The zero-order chi connectivity index (χ0) is 12.2. The van der Waals surface area contributed by atoms with Crippen LogP contribution in [0.1, 0.15) is 26.7 Å². The van der Waals surface area contributed by atoms with E-state index in [9.17, 15) is 9.90 Å². The molecule has 0 aromatic carbocycles. The SMILES string of the molecule is CC(C)C(N)C(=O)NC1(CO)CCOCC1. The topological polar surface area (TPSA) is 84.6 Å². The lowest BCUT2D eigenvalue weighted by Crippen LogP contribution is -2.59. The molecule has 1 atom stereocenters. The molecule has 1 unspecified atom stereocenters. The van der Waals surface area contributed by atoms with Crippen LogP contribution in [0, 0.1) is 5.92 Å². The van der Waals surface area contributed by atoms with Crippen molar-refractivity contribution in [2.24, 2.45) is 11.7 Å². The number of carbonyl (C=O) groups excluding carboxylic acids is 1. The molecule has 1 fully saturated rings. The van der Waals surface area contributed by atoms with Gasteiger partial charge in [0.2, 0.25) is 5.91 Å². The molecule has 16 heavy (non-hydrogen) atoms. The summed E-state index contributed by atoms with van der Waals surface area (Å²) in [6, 6.07) is -0.522. The average molecular weight is 230 g/mol. The Hall–Kier alpha value is -0.650. The van der Waals surface area contributed by atoms with Gasteiger partial charge in [0.25, 0.3) is 0 Å². The number of aliphatic hydroxyl groups excluding tert-OH is 1. The van der Waals surface area contributed by atoms with Crippen LogP contribution in [-0.2, 0) is 9.53 Å². The molecule has 0 aromatic heterocycles. The summed E-state index contributed by atoms with van der Waals surface area (Å²) in [4.78, 5) is 11.8. The summed E-state index contributed by atoms with van der Waals surface area (Å²) in [6.07, 6.45) is 1.28. The molecule has 1 saturated heterocycles. The number of carbonyl (C=O) groups is 1. The molecule has 1 aliphatic rings. The number of rotatable bonds is 4. The van der Waals surface area contributed by atoms with Crippen molar-refractivity contribution in [1.82, 2.24) is 5.32 Å². The number of hydrogen-bond donors (Lipinski definition) is 3. The minimum atomic E-state index is -0.540. The monoisotopic (exact) mass is 230 g/mol. The van der Waals surface area contributed by atoms with E-state index in [1.165, 1.54) is 0 Å². The Morgan fingerprint density at radius 1 is 1.50 bits per heavy atom. The summed E-state index contributed by atoms with van der Waals surface area (Å²) < 4.78 is 5.22. The summed E-state index contributed by atoms with van der Waals surface area (Å²) in [5, 5.41) is 12.3. The quantitative estimate of drug-likeness (QED) is 0.615. The smallest absolute Gasteiger partial charge is 0.237 e. The van der Waals surface area contributed by atoms with E-state index in [1.807, 2.05) is 13.8 Å². The van der Waals surface area contributed by atoms with E-state index in [-0.39, 0.29) is 18.4 Å². The van der Waals surface area contributed by atoms with Crippen LogP contribution in [0.3, 0.4) is 0 Å². The van der Waals surface area contributed by atoms with Gasteiger partial charge in [0.15, 0.2) is 0 Å². The second-order valence-corrected chi connectivity index (χ2v) is 4.81. The fourth-order valence-electron chi connectivity index (χ4n) is 1.73. The standard InChI is InChI=1S/C11H22N2O3/c1-8(2)9(12)10(15)13-11(7-14)3-5-16-6-4-11/h8-9,14H,3-7,12H2,1-2H3,(H,13,15). The van der Waals surface area contributed by atoms with E-state index < -0.39 is 11.6 Å². The van der Waals surface area contributed by atoms with Gasteiger partial charge in [0.05, 0.1) is 18.2 Å². The first-order chi connectivity index (χ1) is 7.51. The molecule has 1 heterocycles. The molecule has 5 nitrogen and oxygen atoms in total. The molecule has 0 aromatic rings. The van der Waals surface area contributed by atoms with Crippen LogP contribution in [0.15, 0.2) is 0 Å². The third-order valence-corrected chi connectivity index (χ3v) is 3.16. The van der Waals surface area contributed by atoms with Gasteiger partial charge in [0, 0.05) is 13.2 Å². The lowest BCUT2D eigenvalue weighted by molar-refractivity contribution is -0.127. The van der Waals surface area contributed by atoms with E-state index in [1.54, 1.807) is 0 Å². The second-order valence-electron chi connectivity index (χ2n) is 4.81. The van der Waals surface area contributed by atoms with E-state index in [0.717, 1.165) is 0 Å². The molecule has 1 rings (SSSR count). The summed E-state index contributed by atoms with van der Waals surface area (Å²) in [6.45, 7) is 4.88. The normalized spacial score (nSPS) is 21.8. The van der Waals surface area contributed by atoms with Gasteiger partial charge in [-0.2, -0.15) is 0 Å². The number of aliphatic hydroxyl groups is 1. The Bertz CT molecular complexity index is 237. The lowest BCUT2D eigenvalue weighted by atomic mass is 9.90. The van der Waals surface area contributed by atoms with Crippen molar-refractivity contribution < 1.29 is 14.6 Å². The van der Waals surface area contributed by atoms with Crippen LogP contribution in [0.5, 0.6) is 0 Å². The van der Waals surface area contributed by atoms with E-state index in [0.29, 0.717) is 26.1 Å². The van der Waals surface area contributed by atoms with Crippen LogP contribution >= 0.6 is 0 Å².